The normalized spacial score (nSPS) is 11.2. The van der Waals surface area contributed by atoms with Crippen LogP contribution in [0, 0.1) is 0 Å². The van der Waals surface area contributed by atoms with E-state index in [2.05, 4.69) is 10.2 Å². The SMILES string of the molecule is COCc1nnc(CN(C)C)n1-c1ccc(Cl)cc1C(=O)c1ccccc1Cl. The first-order chi connectivity index (χ1) is 13.4. The molecule has 0 amide bonds. The molecule has 8 heteroatoms. The van der Waals surface area contributed by atoms with Crippen LogP contribution in [0.3, 0.4) is 0 Å². The largest absolute Gasteiger partial charge is 0.377 e. The summed E-state index contributed by atoms with van der Waals surface area (Å²) in [5, 5.41) is 9.36. The molecule has 0 fully saturated rings. The van der Waals surface area contributed by atoms with Crippen molar-refractivity contribution in [3.05, 3.63) is 75.3 Å². The zero-order valence-electron chi connectivity index (χ0n) is 15.8. The molecule has 0 radical (unpaired) electrons. The van der Waals surface area contributed by atoms with Gasteiger partial charge in [-0.3, -0.25) is 9.36 Å². The molecule has 3 aromatic rings. The summed E-state index contributed by atoms with van der Waals surface area (Å²) >= 11 is 12.5. The number of ketones is 1. The van der Waals surface area contributed by atoms with Crippen LogP contribution in [0.5, 0.6) is 0 Å². The lowest BCUT2D eigenvalue weighted by Crippen LogP contribution is -2.18. The molecule has 0 aliphatic carbocycles. The molecular formula is C20H20Cl2N4O2. The van der Waals surface area contributed by atoms with Crippen LogP contribution in [0.25, 0.3) is 5.69 Å². The fraction of sp³-hybridized carbons (Fsp3) is 0.250. The minimum absolute atomic E-state index is 0.226. The third-order valence-corrected chi connectivity index (χ3v) is 4.66. The lowest BCUT2D eigenvalue weighted by atomic mass is 10.0. The van der Waals surface area contributed by atoms with Crippen LogP contribution in [0.4, 0.5) is 0 Å². The van der Waals surface area contributed by atoms with Crippen molar-refractivity contribution in [3.8, 4) is 5.69 Å². The third-order valence-electron chi connectivity index (χ3n) is 4.09. The van der Waals surface area contributed by atoms with Crippen molar-refractivity contribution in [2.75, 3.05) is 21.2 Å². The highest BCUT2D eigenvalue weighted by molar-refractivity contribution is 6.35. The second kappa shape index (κ2) is 8.84. The van der Waals surface area contributed by atoms with E-state index in [9.17, 15) is 4.79 Å². The topological polar surface area (TPSA) is 60.3 Å². The maximum Gasteiger partial charge on any atom is 0.196 e. The second-order valence-corrected chi connectivity index (χ2v) is 7.35. The van der Waals surface area contributed by atoms with Crippen LogP contribution in [0.15, 0.2) is 42.5 Å². The van der Waals surface area contributed by atoms with Crippen molar-refractivity contribution in [1.82, 2.24) is 19.7 Å². The Balaban J connectivity index is 2.20. The van der Waals surface area contributed by atoms with Gasteiger partial charge in [0.2, 0.25) is 0 Å². The summed E-state index contributed by atoms with van der Waals surface area (Å²) in [7, 11) is 5.46. The van der Waals surface area contributed by atoms with E-state index < -0.39 is 0 Å². The molecule has 0 saturated heterocycles. The lowest BCUT2D eigenvalue weighted by Gasteiger charge is -2.17. The molecule has 0 bridgehead atoms. The molecule has 1 aromatic heterocycles. The zero-order valence-corrected chi connectivity index (χ0v) is 17.3. The van der Waals surface area contributed by atoms with E-state index >= 15 is 0 Å². The van der Waals surface area contributed by atoms with Gasteiger partial charge in [0.05, 0.1) is 17.3 Å². The van der Waals surface area contributed by atoms with Crippen molar-refractivity contribution in [2.45, 2.75) is 13.2 Å². The lowest BCUT2D eigenvalue weighted by molar-refractivity contribution is 0.103. The molecule has 0 aliphatic rings. The van der Waals surface area contributed by atoms with Gasteiger partial charge >= 0.3 is 0 Å². The first-order valence-corrected chi connectivity index (χ1v) is 9.34. The molecule has 0 aliphatic heterocycles. The molecule has 28 heavy (non-hydrogen) atoms. The maximum absolute atomic E-state index is 13.3. The number of halogens is 2. The zero-order chi connectivity index (χ0) is 20.3. The highest BCUT2D eigenvalue weighted by Gasteiger charge is 2.22. The number of benzene rings is 2. The number of hydrogen-bond donors (Lipinski definition) is 0. The van der Waals surface area contributed by atoms with Crippen LogP contribution in [-0.4, -0.2) is 46.7 Å². The fourth-order valence-corrected chi connectivity index (χ4v) is 3.31. The number of nitrogens with zero attached hydrogens (tertiary/aromatic N) is 4. The summed E-state index contributed by atoms with van der Waals surface area (Å²) in [6, 6.07) is 12.1. The van der Waals surface area contributed by atoms with Gasteiger partial charge in [0, 0.05) is 23.3 Å². The number of carbonyl (C=O) groups excluding carboxylic acids is 1. The molecule has 0 unspecified atom stereocenters. The summed E-state index contributed by atoms with van der Waals surface area (Å²) in [5.74, 6) is 1.05. The van der Waals surface area contributed by atoms with Crippen LogP contribution >= 0.6 is 23.2 Å². The van der Waals surface area contributed by atoms with Crippen LogP contribution in [-0.2, 0) is 17.9 Å². The van der Waals surface area contributed by atoms with Crippen molar-refractivity contribution >= 4 is 29.0 Å². The number of methoxy groups -OCH3 is 1. The van der Waals surface area contributed by atoms with Gasteiger partial charge < -0.3 is 9.64 Å². The van der Waals surface area contributed by atoms with Gasteiger partial charge in [-0.05, 0) is 44.4 Å². The highest BCUT2D eigenvalue weighted by atomic mass is 35.5. The van der Waals surface area contributed by atoms with E-state index in [0.29, 0.717) is 45.1 Å². The Morgan fingerprint density at radius 2 is 1.79 bits per heavy atom. The summed E-state index contributed by atoms with van der Waals surface area (Å²) < 4.78 is 7.10. The summed E-state index contributed by atoms with van der Waals surface area (Å²) in [6.07, 6.45) is 0. The van der Waals surface area contributed by atoms with E-state index in [1.54, 1.807) is 49.6 Å². The standard InChI is InChI=1S/C20H20Cl2N4O2/c1-25(2)11-18-23-24-19(12-28-3)26(18)17-9-8-13(21)10-15(17)20(27)14-6-4-5-7-16(14)22/h4-10H,11-12H2,1-3H3. The Morgan fingerprint density at radius 3 is 2.46 bits per heavy atom. The van der Waals surface area contributed by atoms with E-state index in [4.69, 9.17) is 27.9 Å². The molecule has 2 aromatic carbocycles. The molecule has 0 N–H and O–H groups in total. The number of hydrogen-bond acceptors (Lipinski definition) is 5. The number of ether oxygens (including phenoxy) is 1. The molecule has 0 spiro atoms. The average molecular weight is 419 g/mol. The van der Waals surface area contributed by atoms with E-state index in [1.165, 1.54) is 0 Å². The quantitative estimate of drug-likeness (QED) is 0.542. The average Bonchev–Trinajstić information content (AvgIpc) is 3.03. The van der Waals surface area contributed by atoms with E-state index in [0.717, 1.165) is 0 Å². The Kier molecular flexibility index (Phi) is 6.46. The van der Waals surface area contributed by atoms with Gasteiger partial charge in [-0.2, -0.15) is 0 Å². The highest BCUT2D eigenvalue weighted by Crippen LogP contribution is 2.27. The summed E-state index contributed by atoms with van der Waals surface area (Å²) in [6.45, 7) is 0.793. The predicted molar refractivity (Wildman–Crippen MR) is 109 cm³/mol. The Bertz CT molecular complexity index is 1000. The molecule has 0 atom stereocenters. The van der Waals surface area contributed by atoms with Crippen molar-refractivity contribution in [1.29, 1.82) is 0 Å². The smallest absolute Gasteiger partial charge is 0.196 e. The minimum atomic E-state index is -0.226. The Labute approximate surface area is 173 Å². The molecular weight excluding hydrogens is 399 g/mol. The molecule has 0 saturated carbocycles. The van der Waals surface area contributed by atoms with Gasteiger partial charge in [0.15, 0.2) is 17.4 Å². The Hall–Kier alpha value is -2.25. The Morgan fingerprint density at radius 1 is 1.07 bits per heavy atom. The van der Waals surface area contributed by atoms with Gasteiger partial charge in [0.1, 0.15) is 6.61 Å². The summed E-state index contributed by atoms with van der Waals surface area (Å²) in [5.41, 5.74) is 1.45. The van der Waals surface area contributed by atoms with Crippen LogP contribution < -0.4 is 0 Å². The monoisotopic (exact) mass is 418 g/mol. The van der Waals surface area contributed by atoms with Crippen LogP contribution in [0.1, 0.15) is 27.6 Å². The summed E-state index contributed by atoms with van der Waals surface area (Å²) in [4.78, 5) is 15.3. The van der Waals surface area contributed by atoms with Crippen molar-refractivity contribution in [2.24, 2.45) is 0 Å². The molecule has 3 rings (SSSR count). The third kappa shape index (κ3) is 4.25. The predicted octanol–water partition coefficient (Wildman–Crippen LogP) is 4.01. The van der Waals surface area contributed by atoms with Gasteiger partial charge in [0.25, 0.3) is 0 Å². The van der Waals surface area contributed by atoms with Crippen molar-refractivity contribution < 1.29 is 9.53 Å². The number of aromatic nitrogens is 3. The maximum atomic E-state index is 13.3. The van der Waals surface area contributed by atoms with Crippen LogP contribution in [0.2, 0.25) is 10.0 Å². The first-order valence-electron chi connectivity index (χ1n) is 8.58. The fourth-order valence-electron chi connectivity index (χ4n) is 2.92. The number of carbonyl (C=O) groups is 1. The molecule has 6 nitrogen and oxygen atoms in total. The van der Waals surface area contributed by atoms with Crippen molar-refractivity contribution in [3.63, 3.8) is 0 Å². The minimum Gasteiger partial charge on any atom is -0.377 e. The first kappa shape index (κ1) is 20.5. The van der Waals surface area contributed by atoms with Gasteiger partial charge in [-0.15, -0.1) is 10.2 Å². The van der Waals surface area contributed by atoms with Gasteiger partial charge in [-0.1, -0.05) is 35.3 Å². The second-order valence-electron chi connectivity index (χ2n) is 6.51. The van der Waals surface area contributed by atoms with E-state index in [1.807, 2.05) is 23.6 Å². The molecule has 1 heterocycles. The number of rotatable bonds is 7. The van der Waals surface area contributed by atoms with Gasteiger partial charge in [-0.25, -0.2) is 0 Å². The van der Waals surface area contributed by atoms with E-state index in [-0.39, 0.29) is 12.4 Å². The molecule has 146 valence electrons.